The van der Waals surface area contributed by atoms with Crippen LogP contribution in [-0.4, -0.2) is 27.2 Å². The lowest BCUT2D eigenvalue weighted by molar-refractivity contribution is -0.0584. The van der Waals surface area contributed by atoms with Gasteiger partial charge in [-0.2, -0.15) is 0 Å². The van der Waals surface area contributed by atoms with E-state index < -0.39 is 17.8 Å². The molecular formula is C12H6N2O4S. The molecule has 3 rings (SSSR count). The van der Waals surface area contributed by atoms with Crippen LogP contribution in [0.2, 0.25) is 0 Å². The van der Waals surface area contributed by atoms with Crippen molar-refractivity contribution in [2.24, 2.45) is 0 Å². The number of hydrogen-bond donors (Lipinski definition) is 0. The molecular weight excluding hydrogens is 268 g/mol. The first-order chi connectivity index (χ1) is 9.18. The van der Waals surface area contributed by atoms with Gasteiger partial charge in [-0.3, -0.25) is 9.59 Å². The molecule has 0 atom stereocenters. The van der Waals surface area contributed by atoms with Crippen molar-refractivity contribution < 1.29 is 19.2 Å². The predicted molar refractivity (Wildman–Crippen MR) is 64.5 cm³/mol. The standard InChI is InChI=1S/C12H6N2O4S/c15-10-8-3-1-2-4-9(8)11(16)14(10)18-12(17)7-5-13-19-6-7/h1-6H. The number of hydroxylamine groups is 2. The van der Waals surface area contributed by atoms with Gasteiger partial charge in [0.2, 0.25) is 0 Å². The summed E-state index contributed by atoms with van der Waals surface area (Å²) in [5.74, 6) is -2.07. The van der Waals surface area contributed by atoms with Crippen LogP contribution in [-0.2, 0) is 4.84 Å². The molecule has 2 amide bonds. The second-order valence-corrected chi connectivity index (χ2v) is 4.40. The summed E-state index contributed by atoms with van der Waals surface area (Å²) in [4.78, 5) is 40.4. The Kier molecular flexibility index (Phi) is 2.60. The van der Waals surface area contributed by atoms with Gasteiger partial charge in [-0.25, -0.2) is 9.17 Å². The Balaban J connectivity index is 1.87. The molecule has 0 aliphatic carbocycles. The van der Waals surface area contributed by atoms with E-state index in [1.54, 1.807) is 12.1 Å². The first-order valence-corrected chi connectivity index (χ1v) is 6.11. The zero-order chi connectivity index (χ0) is 13.4. The lowest BCUT2D eigenvalue weighted by Crippen LogP contribution is -2.32. The lowest BCUT2D eigenvalue weighted by Gasteiger charge is -2.11. The van der Waals surface area contributed by atoms with Gasteiger partial charge in [-0.15, -0.1) is 0 Å². The van der Waals surface area contributed by atoms with E-state index in [-0.39, 0.29) is 16.7 Å². The summed E-state index contributed by atoms with van der Waals surface area (Å²) in [7, 11) is 0. The minimum atomic E-state index is -0.789. The van der Waals surface area contributed by atoms with E-state index in [1.165, 1.54) is 23.7 Å². The Hall–Kier alpha value is -2.54. The summed E-state index contributed by atoms with van der Waals surface area (Å²) in [6.45, 7) is 0. The molecule has 0 N–H and O–H groups in total. The van der Waals surface area contributed by atoms with Gasteiger partial charge < -0.3 is 4.84 Å². The third kappa shape index (κ3) is 1.80. The number of rotatable bonds is 2. The van der Waals surface area contributed by atoms with E-state index in [2.05, 4.69) is 4.37 Å². The van der Waals surface area contributed by atoms with Crippen LogP contribution in [0.25, 0.3) is 0 Å². The van der Waals surface area contributed by atoms with Gasteiger partial charge in [0.15, 0.2) is 0 Å². The Morgan fingerprint density at radius 1 is 1.16 bits per heavy atom. The number of nitrogens with zero attached hydrogens (tertiary/aromatic N) is 2. The first-order valence-electron chi connectivity index (χ1n) is 5.28. The van der Waals surface area contributed by atoms with Crippen molar-refractivity contribution in [2.75, 3.05) is 0 Å². The number of imide groups is 1. The molecule has 0 radical (unpaired) electrons. The van der Waals surface area contributed by atoms with Crippen LogP contribution in [0.3, 0.4) is 0 Å². The smallest absolute Gasteiger partial charge is 0.324 e. The van der Waals surface area contributed by atoms with Gasteiger partial charge in [-0.05, 0) is 23.7 Å². The molecule has 0 fully saturated rings. The minimum absolute atomic E-state index is 0.196. The molecule has 1 aliphatic rings. The molecule has 0 saturated heterocycles. The van der Waals surface area contributed by atoms with Gasteiger partial charge in [0, 0.05) is 5.38 Å². The molecule has 0 saturated carbocycles. The number of aromatic nitrogens is 1. The Morgan fingerprint density at radius 3 is 2.32 bits per heavy atom. The molecule has 2 heterocycles. The second kappa shape index (κ2) is 4.29. The average molecular weight is 274 g/mol. The molecule has 1 aromatic heterocycles. The predicted octanol–water partition coefficient (Wildman–Crippen LogP) is 1.51. The molecule has 19 heavy (non-hydrogen) atoms. The molecule has 2 aromatic rings. The third-order valence-electron chi connectivity index (χ3n) is 2.60. The minimum Gasteiger partial charge on any atom is -0.324 e. The highest BCUT2D eigenvalue weighted by molar-refractivity contribution is 7.03. The lowest BCUT2D eigenvalue weighted by atomic mass is 10.1. The van der Waals surface area contributed by atoms with Crippen LogP contribution < -0.4 is 0 Å². The molecule has 94 valence electrons. The highest BCUT2D eigenvalue weighted by Gasteiger charge is 2.38. The SMILES string of the molecule is O=C(ON1C(=O)c2ccccc2C1=O)c1cnsc1. The fourth-order valence-corrected chi connectivity index (χ4v) is 2.20. The van der Waals surface area contributed by atoms with E-state index in [4.69, 9.17) is 4.84 Å². The quantitative estimate of drug-likeness (QED) is 0.776. The van der Waals surface area contributed by atoms with Gasteiger partial charge in [0.05, 0.1) is 22.9 Å². The van der Waals surface area contributed by atoms with E-state index >= 15 is 0 Å². The summed E-state index contributed by atoms with van der Waals surface area (Å²) in [5, 5.41) is 1.95. The zero-order valence-electron chi connectivity index (χ0n) is 9.40. The number of carbonyl (C=O) groups is 3. The monoisotopic (exact) mass is 274 g/mol. The maximum atomic E-state index is 11.9. The average Bonchev–Trinajstić information content (AvgIpc) is 3.03. The van der Waals surface area contributed by atoms with Gasteiger partial charge in [-0.1, -0.05) is 17.2 Å². The molecule has 1 aliphatic heterocycles. The number of hydrogen-bond acceptors (Lipinski definition) is 6. The molecule has 1 aromatic carbocycles. The topological polar surface area (TPSA) is 76.6 Å². The third-order valence-corrected chi connectivity index (χ3v) is 3.19. The second-order valence-electron chi connectivity index (χ2n) is 3.74. The number of amides is 2. The number of benzene rings is 1. The van der Waals surface area contributed by atoms with Crippen molar-refractivity contribution in [3.8, 4) is 0 Å². The number of fused-ring (bicyclic) bond motifs is 1. The van der Waals surface area contributed by atoms with Gasteiger partial charge in [0.25, 0.3) is 11.8 Å². The van der Waals surface area contributed by atoms with Crippen molar-refractivity contribution in [2.45, 2.75) is 0 Å². The van der Waals surface area contributed by atoms with Crippen molar-refractivity contribution in [3.63, 3.8) is 0 Å². The molecule has 0 unspecified atom stereocenters. The summed E-state index contributed by atoms with van der Waals surface area (Å²) in [6, 6.07) is 6.29. The zero-order valence-corrected chi connectivity index (χ0v) is 10.2. The molecule has 0 bridgehead atoms. The highest BCUT2D eigenvalue weighted by atomic mass is 32.1. The summed E-state index contributed by atoms with van der Waals surface area (Å²) in [6.07, 6.45) is 1.31. The molecule has 6 nitrogen and oxygen atoms in total. The van der Waals surface area contributed by atoms with Crippen molar-refractivity contribution in [1.82, 2.24) is 9.44 Å². The van der Waals surface area contributed by atoms with Gasteiger partial charge >= 0.3 is 5.97 Å². The summed E-state index contributed by atoms with van der Waals surface area (Å²) >= 11 is 1.08. The molecule has 0 spiro atoms. The van der Waals surface area contributed by atoms with Crippen LogP contribution in [0.4, 0.5) is 0 Å². The van der Waals surface area contributed by atoms with Crippen molar-refractivity contribution in [3.05, 3.63) is 52.5 Å². The summed E-state index contributed by atoms with van der Waals surface area (Å²) < 4.78 is 3.75. The van der Waals surface area contributed by atoms with Crippen LogP contribution in [0.1, 0.15) is 31.1 Å². The fourth-order valence-electron chi connectivity index (χ4n) is 1.69. The van der Waals surface area contributed by atoms with E-state index in [9.17, 15) is 14.4 Å². The Labute approximate surface area is 111 Å². The van der Waals surface area contributed by atoms with Crippen LogP contribution in [0.5, 0.6) is 0 Å². The van der Waals surface area contributed by atoms with E-state index in [0.29, 0.717) is 5.06 Å². The maximum Gasteiger partial charge on any atom is 0.366 e. The first kappa shape index (κ1) is 11.5. The van der Waals surface area contributed by atoms with Crippen LogP contribution in [0, 0.1) is 0 Å². The maximum absolute atomic E-state index is 11.9. The molecule has 7 heteroatoms. The Bertz CT molecular complexity index is 646. The van der Waals surface area contributed by atoms with Crippen LogP contribution >= 0.6 is 11.5 Å². The van der Waals surface area contributed by atoms with Crippen molar-refractivity contribution >= 4 is 29.3 Å². The Morgan fingerprint density at radius 2 is 1.79 bits per heavy atom. The van der Waals surface area contributed by atoms with E-state index in [0.717, 1.165) is 11.5 Å². The van der Waals surface area contributed by atoms with E-state index in [1.807, 2.05) is 0 Å². The summed E-state index contributed by atoms with van der Waals surface area (Å²) in [5.41, 5.74) is 0.647. The fraction of sp³-hybridized carbons (Fsp3) is 0. The van der Waals surface area contributed by atoms with Crippen LogP contribution in [0.15, 0.2) is 35.8 Å². The highest BCUT2D eigenvalue weighted by Crippen LogP contribution is 2.23. The number of carbonyl (C=O) groups excluding carboxylic acids is 3. The van der Waals surface area contributed by atoms with Gasteiger partial charge in [0.1, 0.15) is 0 Å². The normalized spacial score (nSPS) is 13.6. The largest absolute Gasteiger partial charge is 0.366 e. The van der Waals surface area contributed by atoms with Crippen molar-refractivity contribution in [1.29, 1.82) is 0 Å².